The fourth-order valence-corrected chi connectivity index (χ4v) is 3.61. The lowest BCUT2D eigenvalue weighted by atomic mass is 10.0. The predicted molar refractivity (Wildman–Crippen MR) is 130 cm³/mol. The normalized spacial score (nSPS) is 11.1. The van der Waals surface area contributed by atoms with Crippen molar-refractivity contribution in [2.75, 3.05) is 7.11 Å². The third kappa shape index (κ3) is 5.06. The number of aryl methyl sites for hydroxylation is 1. The van der Waals surface area contributed by atoms with E-state index in [0.717, 1.165) is 39.8 Å². The molecule has 0 N–H and O–H groups in total. The Balaban J connectivity index is 1.48. The van der Waals surface area contributed by atoms with E-state index in [-0.39, 0.29) is 5.78 Å². The van der Waals surface area contributed by atoms with Crippen molar-refractivity contribution in [3.63, 3.8) is 0 Å². The second kappa shape index (κ2) is 9.97. The number of fused-ring (bicyclic) bond motifs is 1. The summed E-state index contributed by atoms with van der Waals surface area (Å²) < 4.78 is 11.4. The van der Waals surface area contributed by atoms with Gasteiger partial charge in [0.15, 0.2) is 5.78 Å². The van der Waals surface area contributed by atoms with Gasteiger partial charge >= 0.3 is 0 Å². The molecule has 4 aromatic carbocycles. The molecular formula is C29H26O3. The van der Waals surface area contributed by atoms with Gasteiger partial charge in [-0.05, 0) is 64.7 Å². The number of methoxy groups -OCH3 is 1. The fraction of sp³-hybridized carbons (Fsp3) is 0.138. The highest BCUT2D eigenvalue weighted by molar-refractivity contribution is 6.08. The van der Waals surface area contributed by atoms with Crippen LogP contribution in [0, 0.1) is 0 Å². The number of hydrogen-bond donors (Lipinski definition) is 0. The van der Waals surface area contributed by atoms with Crippen LogP contribution in [0.4, 0.5) is 0 Å². The molecule has 160 valence electrons. The van der Waals surface area contributed by atoms with Gasteiger partial charge in [-0.3, -0.25) is 4.79 Å². The molecule has 0 spiro atoms. The van der Waals surface area contributed by atoms with Crippen LogP contribution in [0.1, 0.15) is 34.0 Å². The summed E-state index contributed by atoms with van der Waals surface area (Å²) >= 11 is 0. The van der Waals surface area contributed by atoms with Crippen molar-refractivity contribution in [2.45, 2.75) is 20.0 Å². The molecule has 0 aliphatic carbocycles. The molecule has 0 unspecified atom stereocenters. The van der Waals surface area contributed by atoms with E-state index in [1.807, 2.05) is 78.9 Å². The Bertz CT molecular complexity index is 1250. The third-order valence-corrected chi connectivity index (χ3v) is 5.49. The minimum Gasteiger partial charge on any atom is -0.496 e. The lowest BCUT2D eigenvalue weighted by Gasteiger charge is -2.11. The maximum atomic E-state index is 12.7. The topological polar surface area (TPSA) is 35.5 Å². The van der Waals surface area contributed by atoms with Crippen LogP contribution >= 0.6 is 0 Å². The quantitative estimate of drug-likeness (QED) is 0.229. The summed E-state index contributed by atoms with van der Waals surface area (Å²) in [7, 11) is 1.65. The van der Waals surface area contributed by atoms with E-state index in [4.69, 9.17) is 9.47 Å². The molecule has 32 heavy (non-hydrogen) atoms. The summed E-state index contributed by atoms with van der Waals surface area (Å²) in [4.78, 5) is 12.7. The smallest absolute Gasteiger partial charge is 0.185 e. The number of ketones is 1. The minimum absolute atomic E-state index is 0.0274. The van der Waals surface area contributed by atoms with Crippen LogP contribution in [-0.2, 0) is 13.0 Å². The van der Waals surface area contributed by atoms with Gasteiger partial charge in [0.25, 0.3) is 0 Å². The first kappa shape index (κ1) is 21.4. The van der Waals surface area contributed by atoms with E-state index >= 15 is 0 Å². The minimum atomic E-state index is -0.0274. The Morgan fingerprint density at radius 1 is 0.875 bits per heavy atom. The van der Waals surface area contributed by atoms with Gasteiger partial charge in [-0.25, -0.2) is 0 Å². The van der Waals surface area contributed by atoms with Crippen molar-refractivity contribution >= 4 is 22.6 Å². The van der Waals surface area contributed by atoms with Gasteiger partial charge < -0.3 is 9.47 Å². The van der Waals surface area contributed by atoms with E-state index in [9.17, 15) is 4.79 Å². The summed E-state index contributed by atoms with van der Waals surface area (Å²) in [6, 6.07) is 27.7. The van der Waals surface area contributed by atoms with Crippen LogP contribution in [-0.4, -0.2) is 12.9 Å². The number of carbonyl (C=O) groups excluding carboxylic acids is 1. The standard InChI is InChI=1S/C29H26O3/c1-3-21-8-14-27(15-9-21)32-20-26-18-22(11-17-29(26)31-2)10-16-28(30)25-13-12-23-6-4-5-7-24(23)19-25/h4-19H,3,20H2,1-2H3/b16-10+. The van der Waals surface area contributed by atoms with Gasteiger partial charge in [0, 0.05) is 11.1 Å². The summed E-state index contributed by atoms with van der Waals surface area (Å²) in [6.07, 6.45) is 4.44. The molecule has 3 nitrogen and oxygen atoms in total. The van der Waals surface area contributed by atoms with Gasteiger partial charge in [0.05, 0.1) is 7.11 Å². The first-order valence-corrected chi connectivity index (χ1v) is 10.8. The largest absolute Gasteiger partial charge is 0.496 e. The molecule has 0 heterocycles. The van der Waals surface area contributed by atoms with Crippen LogP contribution in [0.2, 0.25) is 0 Å². The predicted octanol–water partition coefficient (Wildman–Crippen LogP) is 6.89. The molecule has 0 aliphatic rings. The van der Waals surface area contributed by atoms with E-state index in [1.54, 1.807) is 13.2 Å². The molecule has 4 aromatic rings. The van der Waals surface area contributed by atoms with Crippen LogP contribution < -0.4 is 9.47 Å². The molecule has 0 aromatic heterocycles. The molecule has 0 aliphatic heterocycles. The summed E-state index contributed by atoms with van der Waals surface area (Å²) in [5.74, 6) is 1.55. The SMILES string of the molecule is CCc1ccc(OCc2cc(/C=C/C(=O)c3ccc4ccccc4c3)ccc2OC)cc1. The molecule has 0 saturated carbocycles. The zero-order valence-corrected chi connectivity index (χ0v) is 18.4. The Morgan fingerprint density at radius 3 is 2.41 bits per heavy atom. The third-order valence-electron chi connectivity index (χ3n) is 5.49. The Kier molecular flexibility index (Phi) is 6.66. The molecule has 3 heteroatoms. The maximum Gasteiger partial charge on any atom is 0.185 e. The highest BCUT2D eigenvalue weighted by Gasteiger charge is 2.07. The number of allylic oxidation sites excluding steroid dienone is 1. The Hall–Kier alpha value is -3.85. The monoisotopic (exact) mass is 422 g/mol. The van der Waals surface area contributed by atoms with Crippen LogP contribution in [0.3, 0.4) is 0 Å². The molecular weight excluding hydrogens is 396 g/mol. The average molecular weight is 423 g/mol. The summed E-state index contributed by atoms with van der Waals surface area (Å²) in [6.45, 7) is 2.51. The van der Waals surface area contributed by atoms with E-state index in [2.05, 4.69) is 19.1 Å². The Morgan fingerprint density at radius 2 is 1.66 bits per heavy atom. The second-order valence-corrected chi connectivity index (χ2v) is 7.62. The fourth-order valence-electron chi connectivity index (χ4n) is 3.61. The van der Waals surface area contributed by atoms with E-state index in [0.29, 0.717) is 12.2 Å². The lowest BCUT2D eigenvalue weighted by Crippen LogP contribution is -1.99. The van der Waals surface area contributed by atoms with Crippen molar-refractivity contribution in [3.05, 3.63) is 113 Å². The molecule has 0 saturated heterocycles. The Labute approximate surface area is 188 Å². The summed E-state index contributed by atoms with van der Waals surface area (Å²) in [5, 5.41) is 2.18. The number of benzene rings is 4. The van der Waals surface area contributed by atoms with Crippen molar-refractivity contribution in [2.24, 2.45) is 0 Å². The van der Waals surface area contributed by atoms with Gasteiger partial charge in [-0.15, -0.1) is 0 Å². The molecule has 0 fully saturated rings. The maximum absolute atomic E-state index is 12.7. The van der Waals surface area contributed by atoms with Crippen LogP contribution in [0.25, 0.3) is 16.8 Å². The van der Waals surface area contributed by atoms with E-state index in [1.165, 1.54) is 5.56 Å². The van der Waals surface area contributed by atoms with Crippen molar-refractivity contribution in [3.8, 4) is 11.5 Å². The highest BCUT2D eigenvalue weighted by atomic mass is 16.5. The second-order valence-electron chi connectivity index (χ2n) is 7.62. The molecule has 0 amide bonds. The summed E-state index contributed by atoms with van der Waals surface area (Å²) in [5.41, 5.74) is 3.79. The van der Waals surface area contributed by atoms with Gasteiger partial charge in [-0.2, -0.15) is 0 Å². The highest BCUT2D eigenvalue weighted by Crippen LogP contribution is 2.24. The van der Waals surface area contributed by atoms with Crippen molar-refractivity contribution in [1.29, 1.82) is 0 Å². The van der Waals surface area contributed by atoms with Crippen molar-refractivity contribution < 1.29 is 14.3 Å². The molecule has 0 atom stereocenters. The lowest BCUT2D eigenvalue weighted by molar-refractivity contribution is 0.104. The van der Waals surface area contributed by atoms with Gasteiger partial charge in [0.2, 0.25) is 0 Å². The first-order valence-electron chi connectivity index (χ1n) is 10.8. The number of carbonyl (C=O) groups is 1. The molecule has 4 rings (SSSR count). The van der Waals surface area contributed by atoms with Gasteiger partial charge in [0.1, 0.15) is 18.1 Å². The molecule has 0 radical (unpaired) electrons. The van der Waals surface area contributed by atoms with Gasteiger partial charge in [-0.1, -0.05) is 67.6 Å². The average Bonchev–Trinajstić information content (AvgIpc) is 2.86. The number of hydrogen-bond acceptors (Lipinski definition) is 3. The van der Waals surface area contributed by atoms with Crippen molar-refractivity contribution in [1.82, 2.24) is 0 Å². The zero-order valence-electron chi connectivity index (χ0n) is 18.4. The van der Waals surface area contributed by atoms with Crippen LogP contribution in [0.5, 0.6) is 11.5 Å². The zero-order chi connectivity index (χ0) is 22.3. The molecule has 0 bridgehead atoms. The first-order chi connectivity index (χ1) is 15.7. The van der Waals surface area contributed by atoms with E-state index < -0.39 is 0 Å². The number of rotatable bonds is 8. The van der Waals surface area contributed by atoms with Crippen LogP contribution in [0.15, 0.2) is 91.0 Å². The number of ether oxygens (including phenoxy) is 2.